The number of carbonyl (C=O) groups is 2. The van der Waals surface area contributed by atoms with E-state index < -0.39 is 6.04 Å². The van der Waals surface area contributed by atoms with Gasteiger partial charge in [0.1, 0.15) is 11.8 Å². The van der Waals surface area contributed by atoms with Gasteiger partial charge in [0, 0.05) is 38.3 Å². The molecule has 176 valence electrons. The minimum atomic E-state index is -0.704. The van der Waals surface area contributed by atoms with Crippen molar-refractivity contribution in [1.29, 1.82) is 0 Å². The topological polar surface area (TPSA) is 61.9 Å². The first-order valence-corrected chi connectivity index (χ1v) is 11.3. The van der Waals surface area contributed by atoms with Crippen molar-refractivity contribution < 1.29 is 14.3 Å². The maximum Gasteiger partial charge on any atom is 0.252 e. The van der Waals surface area contributed by atoms with Crippen molar-refractivity contribution in [2.75, 3.05) is 39.8 Å². The van der Waals surface area contributed by atoms with Crippen LogP contribution >= 0.6 is 12.4 Å². The zero-order valence-corrected chi connectivity index (χ0v) is 19.8. The molecule has 2 aliphatic rings. The van der Waals surface area contributed by atoms with Crippen LogP contribution in [0.2, 0.25) is 0 Å². The van der Waals surface area contributed by atoms with Crippen molar-refractivity contribution >= 4 is 24.2 Å². The summed E-state index contributed by atoms with van der Waals surface area (Å²) in [6.45, 7) is 4.61. The van der Waals surface area contributed by atoms with Gasteiger partial charge in [-0.1, -0.05) is 42.5 Å². The Morgan fingerprint density at radius 1 is 1.00 bits per heavy atom. The van der Waals surface area contributed by atoms with E-state index in [2.05, 4.69) is 22.4 Å². The summed E-state index contributed by atoms with van der Waals surface area (Å²) in [6, 6.07) is 15.7. The number of benzene rings is 2. The van der Waals surface area contributed by atoms with Crippen LogP contribution in [0.3, 0.4) is 0 Å². The van der Waals surface area contributed by atoms with Crippen molar-refractivity contribution in [2.45, 2.75) is 18.9 Å². The van der Waals surface area contributed by atoms with Gasteiger partial charge in [-0.3, -0.25) is 14.5 Å². The van der Waals surface area contributed by atoms with E-state index in [0.717, 1.165) is 51.1 Å². The molecule has 4 rings (SSSR count). The molecule has 1 saturated heterocycles. The molecule has 2 aromatic carbocycles. The molecule has 1 fully saturated rings. The molecule has 2 aliphatic heterocycles. The number of amides is 2. The van der Waals surface area contributed by atoms with Gasteiger partial charge in [0.15, 0.2) is 0 Å². The Labute approximate surface area is 202 Å². The van der Waals surface area contributed by atoms with Crippen LogP contribution in [0.15, 0.2) is 66.7 Å². The highest BCUT2D eigenvalue weighted by molar-refractivity contribution is 5.98. The molecule has 1 N–H and O–H groups in total. The van der Waals surface area contributed by atoms with E-state index in [9.17, 15) is 9.59 Å². The van der Waals surface area contributed by atoms with E-state index in [1.165, 1.54) is 0 Å². The zero-order valence-electron chi connectivity index (χ0n) is 19.0. The summed E-state index contributed by atoms with van der Waals surface area (Å²) in [7, 11) is 1.59. The first-order chi connectivity index (χ1) is 15.6. The van der Waals surface area contributed by atoms with E-state index in [1.54, 1.807) is 31.4 Å². The Hall–Kier alpha value is -2.83. The lowest BCUT2D eigenvalue weighted by molar-refractivity contribution is -0.134. The highest BCUT2D eigenvalue weighted by Crippen LogP contribution is 2.24. The van der Waals surface area contributed by atoms with Crippen LogP contribution in [0.25, 0.3) is 0 Å². The van der Waals surface area contributed by atoms with E-state index in [-0.39, 0.29) is 24.2 Å². The fraction of sp³-hybridized carbons (Fsp3) is 0.385. The molecular weight excluding hydrogens is 438 g/mol. The summed E-state index contributed by atoms with van der Waals surface area (Å²) in [5.41, 5.74) is 1.29. The predicted molar refractivity (Wildman–Crippen MR) is 132 cm³/mol. The minimum absolute atomic E-state index is 0. The lowest BCUT2D eigenvalue weighted by atomic mass is 9.95. The summed E-state index contributed by atoms with van der Waals surface area (Å²) in [6.07, 6.45) is 6.43. The monoisotopic (exact) mass is 469 g/mol. The molecule has 0 unspecified atom stereocenters. The largest absolute Gasteiger partial charge is 0.497 e. The molecule has 0 bridgehead atoms. The van der Waals surface area contributed by atoms with Crippen LogP contribution in [0, 0.1) is 5.92 Å². The normalized spacial score (nSPS) is 17.3. The molecular formula is C26H32ClN3O3. The number of rotatable bonds is 7. The Kier molecular flexibility index (Phi) is 8.92. The summed E-state index contributed by atoms with van der Waals surface area (Å²) >= 11 is 0. The maximum absolute atomic E-state index is 13.5. The Morgan fingerprint density at radius 3 is 2.24 bits per heavy atom. The number of methoxy groups -OCH3 is 1. The number of hydrogen-bond donors (Lipinski definition) is 1. The smallest absolute Gasteiger partial charge is 0.252 e. The number of nitrogens with one attached hydrogen (secondary N) is 1. The van der Waals surface area contributed by atoms with Crippen LogP contribution in [-0.2, 0) is 4.79 Å². The Balaban J connectivity index is 0.00000306. The van der Waals surface area contributed by atoms with Gasteiger partial charge in [0.25, 0.3) is 5.91 Å². The molecule has 2 amide bonds. The number of ether oxygens (including phenoxy) is 1. The first kappa shape index (κ1) is 24.8. The molecule has 2 heterocycles. The lowest BCUT2D eigenvalue weighted by Gasteiger charge is -2.36. The maximum atomic E-state index is 13.5. The summed E-state index contributed by atoms with van der Waals surface area (Å²) < 4.78 is 5.17. The number of nitrogens with zero attached hydrogens (tertiary/aromatic N) is 2. The highest BCUT2D eigenvalue weighted by Gasteiger charge is 2.31. The molecule has 0 radical (unpaired) electrons. The van der Waals surface area contributed by atoms with Gasteiger partial charge in [-0.15, -0.1) is 12.4 Å². The van der Waals surface area contributed by atoms with Gasteiger partial charge < -0.3 is 15.0 Å². The van der Waals surface area contributed by atoms with Crippen molar-refractivity contribution in [3.63, 3.8) is 0 Å². The number of halogens is 1. The average molecular weight is 470 g/mol. The number of hydrogen-bond acceptors (Lipinski definition) is 4. The minimum Gasteiger partial charge on any atom is -0.497 e. The van der Waals surface area contributed by atoms with Gasteiger partial charge in [0.2, 0.25) is 5.91 Å². The number of carbonyl (C=O) groups excluding carboxylic acids is 2. The molecule has 0 aromatic heterocycles. The van der Waals surface area contributed by atoms with Crippen LogP contribution in [0.1, 0.15) is 34.8 Å². The number of piperidine rings is 1. The quantitative estimate of drug-likeness (QED) is 0.628. The molecule has 6 nitrogen and oxygen atoms in total. The second-order valence-corrected chi connectivity index (χ2v) is 8.50. The number of likely N-dealkylation sites (tertiary alicyclic amines) is 1. The van der Waals surface area contributed by atoms with Crippen molar-refractivity contribution in [2.24, 2.45) is 5.92 Å². The third kappa shape index (κ3) is 6.36. The summed E-state index contributed by atoms with van der Waals surface area (Å²) in [5.74, 6) is 0.985. The summed E-state index contributed by atoms with van der Waals surface area (Å²) in [4.78, 5) is 30.8. The molecule has 0 spiro atoms. The molecule has 2 aromatic rings. The van der Waals surface area contributed by atoms with Crippen molar-refractivity contribution in [1.82, 2.24) is 15.1 Å². The van der Waals surface area contributed by atoms with Crippen molar-refractivity contribution in [3.05, 3.63) is 77.9 Å². The van der Waals surface area contributed by atoms with E-state index in [4.69, 9.17) is 4.74 Å². The van der Waals surface area contributed by atoms with E-state index in [0.29, 0.717) is 17.2 Å². The van der Waals surface area contributed by atoms with Gasteiger partial charge in [-0.25, -0.2) is 0 Å². The first-order valence-electron chi connectivity index (χ1n) is 11.3. The fourth-order valence-corrected chi connectivity index (χ4v) is 4.44. The zero-order chi connectivity index (χ0) is 22.3. The van der Waals surface area contributed by atoms with Gasteiger partial charge in [0.05, 0.1) is 7.11 Å². The van der Waals surface area contributed by atoms with Gasteiger partial charge in [-0.05, 0) is 48.6 Å². The molecule has 1 atom stereocenters. The van der Waals surface area contributed by atoms with Crippen molar-refractivity contribution in [3.8, 4) is 5.75 Å². The van der Waals surface area contributed by atoms with E-state index in [1.807, 2.05) is 35.2 Å². The summed E-state index contributed by atoms with van der Waals surface area (Å²) in [5, 5.41) is 2.97. The lowest BCUT2D eigenvalue weighted by Crippen LogP contribution is -2.47. The SMILES string of the molecule is COc1ccc(C(=O)N[C@@H](C(=O)N2CCC(CN3CC=CC3)CC2)c2ccccc2)cc1.Cl. The molecule has 0 saturated carbocycles. The van der Waals surface area contributed by atoms with Gasteiger partial charge >= 0.3 is 0 Å². The molecule has 0 aliphatic carbocycles. The van der Waals surface area contributed by atoms with Crippen LogP contribution < -0.4 is 10.1 Å². The average Bonchev–Trinajstić information content (AvgIpc) is 3.36. The Morgan fingerprint density at radius 2 is 1.64 bits per heavy atom. The predicted octanol–water partition coefficient (Wildman–Crippen LogP) is 3.70. The Bertz CT molecular complexity index is 933. The molecule has 33 heavy (non-hydrogen) atoms. The second-order valence-electron chi connectivity index (χ2n) is 8.50. The standard InChI is InChI=1S/C26H31N3O3.ClH/c1-32-23-11-9-22(10-12-23)25(30)27-24(21-7-3-2-4-8-21)26(31)29-17-13-20(14-18-29)19-28-15-5-6-16-28;/h2-12,20,24H,13-19H2,1H3,(H,27,30);1H/t24-;/m1./s1. The highest BCUT2D eigenvalue weighted by atomic mass is 35.5. The van der Waals surface area contributed by atoms with Crippen LogP contribution in [0.4, 0.5) is 0 Å². The third-order valence-corrected chi connectivity index (χ3v) is 6.34. The van der Waals surface area contributed by atoms with E-state index >= 15 is 0 Å². The fourth-order valence-electron chi connectivity index (χ4n) is 4.44. The molecule has 7 heteroatoms. The third-order valence-electron chi connectivity index (χ3n) is 6.34. The second kappa shape index (κ2) is 11.9. The van der Waals surface area contributed by atoms with Crippen LogP contribution in [0.5, 0.6) is 5.75 Å². The van der Waals surface area contributed by atoms with Crippen LogP contribution in [-0.4, -0.2) is 61.4 Å². The van der Waals surface area contributed by atoms with Gasteiger partial charge in [-0.2, -0.15) is 0 Å².